The summed E-state index contributed by atoms with van der Waals surface area (Å²) in [5, 5.41) is 13.8. The number of aromatic nitrogens is 4. The lowest BCUT2D eigenvalue weighted by molar-refractivity contribution is 0.299. The number of rotatable bonds is 6. The number of benzene rings is 1. The van der Waals surface area contributed by atoms with E-state index in [1.54, 1.807) is 11.6 Å². The highest BCUT2D eigenvalue weighted by Crippen LogP contribution is 2.28. The van der Waals surface area contributed by atoms with Gasteiger partial charge in [0.25, 0.3) is 0 Å². The summed E-state index contributed by atoms with van der Waals surface area (Å²) in [5.41, 5.74) is 0. The van der Waals surface area contributed by atoms with Crippen LogP contribution in [0.3, 0.4) is 0 Å². The highest BCUT2D eigenvalue weighted by atomic mass is 32.2. The van der Waals surface area contributed by atoms with Crippen LogP contribution in [0.25, 0.3) is 4.96 Å². The number of piperidine rings is 1. The number of nitrogens with zero attached hydrogens (tertiary/aromatic N) is 5. The van der Waals surface area contributed by atoms with Crippen LogP contribution >= 0.6 is 11.3 Å². The highest BCUT2D eigenvalue weighted by molar-refractivity contribution is 7.88. The number of fused-ring (bicyclic) bond motifs is 1. The molecule has 1 unspecified atom stereocenters. The van der Waals surface area contributed by atoms with Gasteiger partial charge in [-0.3, -0.25) is 0 Å². The van der Waals surface area contributed by atoms with Crippen molar-refractivity contribution in [1.82, 2.24) is 24.1 Å². The molecule has 3 aromatic rings. The molecule has 3 heterocycles. The second-order valence-electron chi connectivity index (χ2n) is 6.68. The van der Waals surface area contributed by atoms with E-state index >= 15 is 0 Å². The van der Waals surface area contributed by atoms with E-state index in [1.165, 1.54) is 21.9 Å². The van der Waals surface area contributed by atoms with E-state index in [0.717, 1.165) is 23.6 Å². The molecule has 2 aromatic heterocycles. The van der Waals surface area contributed by atoms with Crippen molar-refractivity contribution in [2.24, 2.45) is 0 Å². The Bertz CT molecular complexity index is 1080. The zero-order valence-corrected chi connectivity index (χ0v) is 17.2. The topological polar surface area (TPSA) is 98.9 Å². The first-order valence-corrected chi connectivity index (χ1v) is 11.5. The number of hydrogen-bond acceptors (Lipinski definition) is 8. The first-order valence-electron chi connectivity index (χ1n) is 8.87. The standard InChI is InChI=1S/C17H21N5O4S2/c1-25-13-6-3-7-14(9-13)26-11-15-20-22-16(18-19-17(22)27-15)12-5-4-8-21(10-12)28(2,23)24/h3,6-7,9,12H,4-5,8,10-11H2,1-2H3. The fourth-order valence-electron chi connectivity index (χ4n) is 3.28. The summed E-state index contributed by atoms with van der Waals surface area (Å²) in [6.07, 6.45) is 2.90. The molecule has 0 N–H and O–H groups in total. The third-order valence-corrected chi connectivity index (χ3v) is 6.82. The van der Waals surface area contributed by atoms with Crippen molar-refractivity contribution < 1.29 is 17.9 Å². The molecule has 0 spiro atoms. The molecule has 0 saturated carbocycles. The summed E-state index contributed by atoms with van der Waals surface area (Å²) in [6.45, 7) is 1.27. The summed E-state index contributed by atoms with van der Waals surface area (Å²) >= 11 is 1.41. The molecule has 1 atom stereocenters. The van der Waals surface area contributed by atoms with Gasteiger partial charge in [-0.15, -0.1) is 10.2 Å². The molecule has 1 fully saturated rings. The average molecular weight is 424 g/mol. The molecular formula is C17H21N5O4S2. The lowest BCUT2D eigenvalue weighted by Gasteiger charge is -2.29. The van der Waals surface area contributed by atoms with Gasteiger partial charge in [0, 0.05) is 25.1 Å². The molecule has 0 aliphatic carbocycles. The third-order valence-electron chi connectivity index (χ3n) is 4.68. The third kappa shape index (κ3) is 3.96. The maximum Gasteiger partial charge on any atom is 0.234 e. The molecule has 11 heteroatoms. The Hall–Kier alpha value is -2.24. The summed E-state index contributed by atoms with van der Waals surface area (Å²) in [7, 11) is -1.60. The van der Waals surface area contributed by atoms with Gasteiger partial charge in [-0.1, -0.05) is 17.4 Å². The van der Waals surface area contributed by atoms with Crippen molar-refractivity contribution in [3.05, 3.63) is 35.1 Å². The molecule has 0 bridgehead atoms. The van der Waals surface area contributed by atoms with Crippen LogP contribution in [-0.4, -0.2) is 59.0 Å². The lowest BCUT2D eigenvalue weighted by Crippen LogP contribution is -2.38. The smallest absolute Gasteiger partial charge is 0.234 e. The summed E-state index contributed by atoms with van der Waals surface area (Å²) in [5.74, 6) is 2.10. The zero-order valence-electron chi connectivity index (χ0n) is 15.6. The van der Waals surface area contributed by atoms with E-state index in [-0.39, 0.29) is 5.92 Å². The van der Waals surface area contributed by atoms with E-state index < -0.39 is 10.0 Å². The van der Waals surface area contributed by atoms with Gasteiger partial charge in [0.2, 0.25) is 15.0 Å². The molecule has 28 heavy (non-hydrogen) atoms. The van der Waals surface area contributed by atoms with E-state index in [9.17, 15) is 8.42 Å². The second-order valence-corrected chi connectivity index (χ2v) is 9.70. The minimum absolute atomic E-state index is 0.0206. The van der Waals surface area contributed by atoms with Crippen LogP contribution < -0.4 is 9.47 Å². The first-order chi connectivity index (χ1) is 13.4. The van der Waals surface area contributed by atoms with Gasteiger partial charge < -0.3 is 9.47 Å². The van der Waals surface area contributed by atoms with Crippen LogP contribution in [0.4, 0.5) is 0 Å². The Morgan fingerprint density at radius 2 is 2.11 bits per heavy atom. The van der Waals surface area contributed by atoms with Crippen LogP contribution in [0.2, 0.25) is 0 Å². The summed E-state index contributed by atoms with van der Waals surface area (Å²) in [4.78, 5) is 0.677. The Morgan fingerprint density at radius 3 is 2.89 bits per heavy atom. The number of ether oxygens (including phenoxy) is 2. The molecule has 1 saturated heterocycles. The van der Waals surface area contributed by atoms with Gasteiger partial charge in [-0.25, -0.2) is 12.7 Å². The largest absolute Gasteiger partial charge is 0.497 e. The first kappa shape index (κ1) is 19.1. The van der Waals surface area contributed by atoms with E-state index in [4.69, 9.17) is 9.47 Å². The predicted molar refractivity (Wildman–Crippen MR) is 104 cm³/mol. The van der Waals surface area contributed by atoms with Crippen molar-refractivity contribution in [3.63, 3.8) is 0 Å². The monoisotopic (exact) mass is 423 g/mol. The van der Waals surface area contributed by atoms with Crippen molar-refractivity contribution in [2.75, 3.05) is 26.5 Å². The van der Waals surface area contributed by atoms with Gasteiger partial charge in [-0.2, -0.15) is 9.61 Å². The molecule has 0 radical (unpaired) electrons. The van der Waals surface area contributed by atoms with E-state index in [2.05, 4.69) is 15.3 Å². The van der Waals surface area contributed by atoms with Gasteiger partial charge in [0.15, 0.2) is 10.8 Å². The number of sulfonamides is 1. The molecule has 4 rings (SSSR count). The van der Waals surface area contributed by atoms with Crippen molar-refractivity contribution in [2.45, 2.75) is 25.4 Å². The van der Waals surface area contributed by atoms with Gasteiger partial charge >= 0.3 is 0 Å². The second kappa shape index (κ2) is 7.64. The van der Waals surface area contributed by atoms with E-state index in [0.29, 0.717) is 36.2 Å². The lowest BCUT2D eigenvalue weighted by atomic mass is 9.99. The normalized spacial score (nSPS) is 18.4. The van der Waals surface area contributed by atoms with E-state index in [1.807, 2.05) is 24.3 Å². The van der Waals surface area contributed by atoms with Gasteiger partial charge in [-0.05, 0) is 25.0 Å². The molecule has 0 amide bonds. The Morgan fingerprint density at radius 1 is 1.29 bits per heavy atom. The molecule has 9 nitrogen and oxygen atoms in total. The minimum atomic E-state index is -3.22. The average Bonchev–Trinajstić information content (AvgIpc) is 3.26. The Labute approximate surface area is 167 Å². The summed E-state index contributed by atoms with van der Waals surface area (Å²) in [6, 6.07) is 7.39. The van der Waals surface area contributed by atoms with Crippen molar-refractivity contribution in [3.8, 4) is 11.5 Å². The summed E-state index contributed by atoms with van der Waals surface area (Å²) < 4.78 is 38.0. The Balaban J connectivity index is 1.50. The minimum Gasteiger partial charge on any atom is -0.497 e. The predicted octanol–water partition coefficient (Wildman–Crippen LogP) is 1.91. The quantitative estimate of drug-likeness (QED) is 0.597. The maximum atomic E-state index is 11.9. The fraction of sp³-hybridized carbons (Fsp3) is 0.471. The van der Waals surface area contributed by atoms with Crippen LogP contribution in [0.1, 0.15) is 29.6 Å². The van der Waals surface area contributed by atoms with Crippen LogP contribution in [0, 0.1) is 0 Å². The fourth-order valence-corrected chi connectivity index (χ4v) is 4.94. The maximum absolute atomic E-state index is 11.9. The van der Waals surface area contributed by atoms with Gasteiger partial charge in [0.05, 0.1) is 13.4 Å². The molecule has 1 aliphatic rings. The highest BCUT2D eigenvalue weighted by Gasteiger charge is 2.30. The number of hydrogen-bond donors (Lipinski definition) is 0. The zero-order chi connectivity index (χ0) is 19.7. The van der Waals surface area contributed by atoms with Crippen LogP contribution in [-0.2, 0) is 16.6 Å². The Kier molecular flexibility index (Phi) is 5.21. The van der Waals surface area contributed by atoms with Crippen molar-refractivity contribution >= 4 is 26.3 Å². The van der Waals surface area contributed by atoms with Crippen molar-refractivity contribution in [1.29, 1.82) is 0 Å². The SMILES string of the molecule is COc1cccc(OCc2nn3c(C4CCCN(S(C)(=O)=O)C4)nnc3s2)c1. The number of methoxy groups -OCH3 is 1. The molecular weight excluding hydrogens is 402 g/mol. The van der Waals surface area contributed by atoms with Gasteiger partial charge in [0.1, 0.15) is 18.1 Å². The molecule has 1 aliphatic heterocycles. The van der Waals surface area contributed by atoms with Crippen LogP contribution in [0.15, 0.2) is 24.3 Å². The molecule has 150 valence electrons. The molecule has 1 aromatic carbocycles. The van der Waals surface area contributed by atoms with Crippen LogP contribution in [0.5, 0.6) is 11.5 Å².